The summed E-state index contributed by atoms with van der Waals surface area (Å²) in [5.74, 6) is 0.260. The molecule has 0 aliphatic heterocycles. The Hall–Kier alpha value is -3.21. The summed E-state index contributed by atoms with van der Waals surface area (Å²) in [7, 11) is 0. The third-order valence-corrected chi connectivity index (χ3v) is 3.58. The van der Waals surface area contributed by atoms with Gasteiger partial charge in [0.1, 0.15) is 5.35 Å². The summed E-state index contributed by atoms with van der Waals surface area (Å²) in [6, 6.07) is 16.4. The van der Waals surface area contributed by atoms with Crippen molar-refractivity contribution in [3.05, 3.63) is 86.2 Å². The molecule has 0 atom stereocenters. The second kappa shape index (κ2) is 4.66. The van der Waals surface area contributed by atoms with Crippen LogP contribution in [0.3, 0.4) is 0 Å². The van der Waals surface area contributed by atoms with Gasteiger partial charge in [0.25, 0.3) is 11.1 Å². The topological polar surface area (TPSA) is 67.2 Å². The molecule has 0 unspecified atom stereocenters. The zero-order valence-corrected chi connectivity index (χ0v) is 11.5. The van der Waals surface area contributed by atoms with Crippen molar-refractivity contribution in [2.45, 2.75) is 0 Å². The third kappa shape index (κ3) is 1.83. The highest BCUT2D eigenvalue weighted by Crippen LogP contribution is 2.06. The van der Waals surface area contributed by atoms with Gasteiger partial charge in [0.2, 0.25) is 5.78 Å². The van der Waals surface area contributed by atoms with E-state index < -0.39 is 0 Å². The van der Waals surface area contributed by atoms with Gasteiger partial charge in [-0.1, -0.05) is 42.5 Å². The number of aromatic amines is 1. The highest BCUT2D eigenvalue weighted by Gasteiger charge is 2.09. The highest BCUT2D eigenvalue weighted by molar-refractivity contribution is 5.79. The second-order valence-electron chi connectivity index (χ2n) is 4.99. The van der Waals surface area contributed by atoms with Gasteiger partial charge >= 0.3 is 0 Å². The van der Waals surface area contributed by atoms with Crippen molar-refractivity contribution in [1.82, 2.24) is 14.4 Å². The molecule has 4 rings (SSSR count). The fourth-order valence-electron chi connectivity index (χ4n) is 2.54. The number of benzene rings is 2. The number of hydrogen-bond acceptors (Lipinski definition) is 3. The highest BCUT2D eigenvalue weighted by atomic mass is 16.1. The number of nitrogens with one attached hydrogen (secondary N) is 1. The molecule has 1 N–H and O–H groups in total. The predicted octanol–water partition coefficient (Wildman–Crippen LogP) is 1.08. The molecular formula is C17H11N3O2. The summed E-state index contributed by atoms with van der Waals surface area (Å²) in [6.07, 6.45) is 1.68. The average Bonchev–Trinajstić information content (AvgIpc) is 2.85. The number of nitrogens with zero attached hydrogens (tertiary/aromatic N) is 2. The first-order valence-electron chi connectivity index (χ1n) is 6.84. The van der Waals surface area contributed by atoms with E-state index in [0.717, 1.165) is 5.56 Å². The molecule has 2 aromatic heterocycles. The minimum atomic E-state index is -0.330. The Labute approximate surface area is 124 Å². The maximum atomic E-state index is 12.7. The van der Waals surface area contributed by atoms with E-state index in [2.05, 4.69) is 9.97 Å². The van der Waals surface area contributed by atoms with Crippen LogP contribution in [0.5, 0.6) is 0 Å². The maximum absolute atomic E-state index is 12.7. The molecule has 4 aromatic rings. The van der Waals surface area contributed by atoms with E-state index in [1.807, 2.05) is 36.4 Å². The van der Waals surface area contributed by atoms with Crippen molar-refractivity contribution >= 4 is 22.8 Å². The Kier molecular flexibility index (Phi) is 2.66. The third-order valence-electron chi connectivity index (χ3n) is 3.58. The van der Waals surface area contributed by atoms with Crippen LogP contribution in [-0.2, 0) is 0 Å². The lowest BCUT2D eigenvalue weighted by atomic mass is 10.2. The summed E-state index contributed by atoms with van der Waals surface area (Å²) in [5, 5.41) is 0.770. The molecule has 5 heteroatoms. The van der Waals surface area contributed by atoms with Crippen LogP contribution in [0.25, 0.3) is 22.8 Å². The van der Waals surface area contributed by atoms with Gasteiger partial charge in [-0.05, 0) is 23.8 Å². The lowest BCUT2D eigenvalue weighted by Gasteiger charge is -1.98. The molecule has 5 nitrogen and oxygen atoms in total. The molecule has 0 fully saturated rings. The van der Waals surface area contributed by atoms with Gasteiger partial charge in [-0.25, -0.2) is 9.38 Å². The Balaban J connectivity index is 2.19. The quantitative estimate of drug-likeness (QED) is 0.570. The molecule has 0 bridgehead atoms. The molecule has 0 amide bonds. The number of rotatable bonds is 1. The summed E-state index contributed by atoms with van der Waals surface area (Å²) < 4.78 is 1.33. The molecule has 0 saturated carbocycles. The van der Waals surface area contributed by atoms with E-state index in [4.69, 9.17) is 0 Å². The fraction of sp³-hybridized carbons (Fsp3) is 0. The van der Waals surface area contributed by atoms with Crippen LogP contribution >= 0.6 is 0 Å². The molecule has 0 radical (unpaired) electrons. The summed E-state index contributed by atoms with van der Waals surface area (Å²) in [6.45, 7) is 0. The number of aromatic nitrogens is 3. The molecule has 22 heavy (non-hydrogen) atoms. The predicted molar refractivity (Wildman–Crippen MR) is 84.8 cm³/mol. The van der Waals surface area contributed by atoms with Gasteiger partial charge < -0.3 is 0 Å². The van der Waals surface area contributed by atoms with Crippen molar-refractivity contribution < 1.29 is 0 Å². The Morgan fingerprint density at radius 1 is 0.955 bits per heavy atom. The van der Waals surface area contributed by atoms with Gasteiger partial charge in [0.05, 0.1) is 10.9 Å². The van der Waals surface area contributed by atoms with E-state index in [-0.39, 0.29) is 22.2 Å². The minimum absolute atomic E-state index is 0.249. The zero-order valence-electron chi connectivity index (χ0n) is 11.5. The Morgan fingerprint density at radius 2 is 1.68 bits per heavy atom. The number of imidazole rings is 1. The van der Waals surface area contributed by atoms with Gasteiger partial charge in [-0.3, -0.25) is 14.6 Å². The first-order chi connectivity index (χ1) is 10.7. The van der Waals surface area contributed by atoms with E-state index in [1.54, 1.807) is 24.3 Å². The fourth-order valence-corrected chi connectivity index (χ4v) is 2.54. The van der Waals surface area contributed by atoms with Crippen LogP contribution in [0.4, 0.5) is 0 Å². The van der Waals surface area contributed by atoms with Gasteiger partial charge in [0, 0.05) is 0 Å². The van der Waals surface area contributed by atoms with Crippen molar-refractivity contribution in [2.24, 2.45) is 0 Å². The molecule has 0 spiro atoms. The van der Waals surface area contributed by atoms with E-state index >= 15 is 0 Å². The second-order valence-corrected chi connectivity index (χ2v) is 4.99. The van der Waals surface area contributed by atoms with Crippen molar-refractivity contribution in [1.29, 1.82) is 0 Å². The molecule has 2 heterocycles. The molecule has 2 aromatic carbocycles. The van der Waals surface area contributed by atoms with Gasteiger partial charge in [-0.15, -0.1) is 0 Å². The number of H-pyrrole nitrogens is 1. The van der Waals surface area contributed by atoms with Crippen molar-refractivity contribution in [3.63, 3.8) is 0 Å². The molecule has 0 saturated heterocycles. The Morgan fingerprint density at radius 3 is 2.50 bits per heavy atom. The molecule has 0 aliphatic rings. The summed E-state index contributed by atoms with van der Waals surface area (Å²) in [4.78, 5) is 31.8. The number of fused-ring (bicyclic) bond motifs is 2. The first-order valence-corrected chi connectivity index (χ1v) is 6.84. The van der Waals surface area contributed by atoms with Crippen LogP contribution in [0.2, 0.25) is 0 Å². The monoisotopic (exact) mass is 289 g/mol. The van der Waals surface area contributed by atoms with Gasteiger partial charge in [-0.2, -0.15) is 0 Å². The van der Waals surface area contributed by atoms with Crippen molar-refractivity contribution in [3.8, 4) is 0 Å². The van der Waals surface area contributed by atoms with Crippen molar-refractivity contribution in [2.75, 3.05) is 0 Å². The largest absolute Gasteiger partial charge is 0.290 e. The standard InChI is InChI=1S/C17H11N3O2/c21-15-14(10-11-6-2-1-3-7-11)20-16(22)12-8-4-5-9-13(12)18-17(20)19-15/h1-10H,(H,18,19,21)/b14-10+. The van der Waals surface area contributed by atoms with Crippen LogP contribution in [0, 0.1) is 0 Å². The maximum Gasteiger partial charge on any atom is 0.275 e. The van der Waals surface area contributed by atoms with Gasteiger partial charge in [0.15, 0.2) is 0 Å². The van der Waals surface area contributed by atoms with E-state index in [9.17, 15) is 9.59 Å². The smallest absolute Gasteiger partial charge is 0.275 e. The lowest BCUT2D eigenvalue weighted by Crippen LogP contribution is -2.32. The number of hydrogen-bond donors (Lipinski definition) is 1. The Bertz CT molecular complexity index is 1160. The first kappa shape index (κ1) is 12.5. The normalized spacial score (nSPS) is 12.3. The minimum Gasteiger partial charge on any atom is -0.290 e. The summed E-state index contributed by atoms with van der Waals surface area (Å²) >= 11 is 0. The van der Waals surface area contributed by atoms with E-state index in [1.165, 1.54) is 4.40 Å². The van der Waals surface area contributed by atoms with Crippen LogP contribution < -0.4 is 16.5 Å². The lowest BCUT2D eigenvalue weighted by molar-refractivity contribution is 1.05. The summed E-state index contributed by atoms with van der Waals surface area (Å²) in [5.41, 5.74) is 0.838. The zero-order chi connectivity index (χ0) is 15.1. The SMILES string of the molecule is O=c1[nH]c2nc3ccccc3c(=O)n2/c1=C/c1ccccc1. The molecular weight excluding hydrogens is 278 g/mol. The van der Waals surface area contributed by atoms with Crippen LogP contribution in [-0.4, -0.2) is 14.4 Å². The molecule has 0 aliphatic carbocycles. The van der Waals surface area contributed by atoms with Crippen LogP contribution in [0.15, 0.2) is 64.2 Å². The van der Waals surface area contributed by atoms with Crippen LogP contribution in [0.1, 0.15) is 5.56 Å². The molecule has 106 valence electrons. The van der Waals surface area contributed by atoms with E-state index in [0.29, 0.717) is 10.9 Å². The number of para-hydroxylation sites is 1. The average molecular weight is 289 g/mol.